The number of nitrogens with zero attached hydrogens (tertiary/aromatic N) is 5. The number of hydrogen-bond acceptors (Lipinski definition) is 9. The average Bonchev–Trinajstić information content (AvgIpc) is 2.77. The van der Waals surface area contributed by atoms with Gasteiger partial charge in [0.1, 0.15) is 34.9 Å². The summed E-state index contributed by atoms with van der Waals surface area (Å²) >= 11 is 0. The molecule has 0 aliphatic carbocycles. The predicted octanol–water partition coefficient (Wildman–Crippen LogP) is 1.24. The number of rotatable bonds is 6. The number of nitriles is 1. The zero-order valence-corrected chi connectivity index (χ0v) is 17.9. The van der Waals surface area contributed by atoms with E-state index >= 15 is 0 Å². The maximum absolute atomic E-state index is 14.0. The van der Waals surface area contributed by atoms with Gasteiger partial charge in [-0.3, -0.25) is 14.2 Å². The number of primary amides is 1. The fourth-order valence-corrected chi connectivity index (χ4v) is 3.61. The Hall–Kier alpha value is -5.12. The lowest BCUT2D eigenvalue weighted by atomic mass is 10.1. The maximum Gasteiger partial charge on any atom is 0.266 e. The Labute approximate surface area is 195 Å². The standard InChI is InChI=1S/C22H17F2N9O2/c23-10-6-11(24)8-12(7-10)33-16(4-5-29-20-14(9-25)18(26)31-22(28)32-20)30-15-3-1-2-13(19(27)34)17(15)21(33)35/h1-3,6-8H,4-5H2,(H2,27,34)(H5,26,28,29,31,32). The summed E-state index contributed by atoms with van der Waals surface area (Å²) in [7, 11) is 0. The fraction of sp³-hybridized carbons (Fsp3) is 0.0909. The molecule has 0 radical (unpaired) electrons. The van der Waals surface area contributed by atoms with Crippen molar-refractivity contribution in [3.63, 3.8) is 0 Å². The van der Waals surface area contributed by atoms with Crippen LogP contribution in [0.4, 0.5) is 26.4 Å². The molecule has 0 aliphatic rings. The van der Waals surface area contributed by atoms with E-state index in [0.717, 1.165) is 16.7 Å². The Morgan fingerprint density at radius 2 is 1.83 bits per heavy atom. The van der Waals surface area contributed by atoms with Crippen LogP contribution in [-0.4, -0.2) is 32.0 Å². The van der Waals surface area contributed by atoms with Crippen molar-refractivity contribution in [2.24, 2.45) is 5.73 Å². The zero-order chi connectivity index (χ0) is 25.3. The number of benzene rings is 2. The smallest absolute Gasteiger partial charge is 0.266 e. The number of anilines is 3. The van der Waals surface area contributed by atoms with E-state index < -0.39 is 23.1 Å². The van der Waals surface area contributed by atoms with E-state index in [-0.39, 0.29) is 64.1 Å². The second kappa shape index (κ2) is 9.02. The van der Waals surface area contributed by atoms with Crippen LogP contribution in [0.15, 0.2) is 41.2 Å². The molecule has 0 unspecified atom stereocenters. The van der Waals surface area contributed by atoms with Crippen LogP contribution in [0.5, 0.6) is 0 Å². The molecule has 0 saturated heterocycles. The molecule has 35 heavy (non-hydrogen) atoms. The third kappa shape index (κ3) is 4.40. The van der Waals surface area contributed by atoms with Gasteiger partial charge in [0.25, 0.3) is 5.56 Å². The highest BCUT2D eigenvalue weighted by Gasteiger charge is 2.19. The molecule has 1 amide bonds. The van der Waals surface area contributed by atoms with Crippen molar-refractivity contribution in [2.45, 2.75) is 6.42 Å². The second-order valence-corrected chi connectivity index (χ2v) is 7.34. The van der Waals surface area contributed by atoms with E-state index in [2.05, 4.69) is 20.3 Å². The van der Waals surface area contributed by atoms with Crippen LogP contribution in [0.2, 0.25) is 0 Å². The monoisotopic (exact) mass is 477 g/mol. The Bertz CT molecular complexity index is 1570. The number of carbonyl (C=O) groups is 1. The summed E-state index contributed by atoms with van der Waals surface area (Å²) in [6, 6.07) is 8.83. The fourth-order valence-electron chi connectivity index (χ4n) is 3.61. The second-order valence-electron chi connectivity index (χ2n) is 7.34. The lowest BCUT2D eigenvalue weighted by molar-refractivity contribution is 0.100. The van der Waals surface area contributed by atoms with E-state index in [9.17, 15) is 23.6 Å². The SMILES string of the molecule is N#Cc1c(N)nc(N)nc1NCCc1nc2cccc(C(N)=O)c2c(=O)n1-c1cc(F)cc(F)c1. The number of carbonyl (C=O) groups excluding carboxylic acids is 1. The van der Waals surface area contributed by atoms with Crippen LogP contribution in [0.25, 0.3) is 16.6 Å². The molecule has 2 aromatic carbocycles. The highest BCUT2D eigenvalue weighted by Crippen LogP contribution is 2.20. The Kier molecular flexibility index (Phi) is 5.94. The van der Waals surface area contributed by atoms with Crippen LogP contribution in [0.3, 0.4) is 0 Å². The minimum atomic E-state index is -0.912. The van der Waals surface area contributed by atoms with Crippen molar-refractivity contribution in [1.82, 2.24) is 19.5 Å². The maximum atomic E-state index is 14.0. The summed E-state index contributed by atoms with van der Waals surface area (Å²) in [5.41, 5.74) is 15.9. The molecule has 0 atom stereocenters. The van der Waals surface area contributed by atoms with Gasteiger partial charge in [-0.25, -0.2) is 13.8 Å². The van der Waals surface area contributed by atoms with Gasteiger partial charge in [-0.2, -0.15) is 15.2 Å². The zero-order valence-electron chi connectivity index (χ0n) is 17.9. The number of aromatic nitrogens is 4. The molecule has 13 heteroatoms. The summed E-state index contributed by atoms with van der Waals surface area (Å²) in [5, 5.41) is 12.1. The highest BCUT2D eigenvalue weighted by atomic mass is 19.1. The summed E-state index contributed by atoms with van der Waals surface area (Å²) in [4.78, 5) is 37.5. The van der Waals surface area contributed by atoms with E-state index in [1.54, 1.807) is 0 Å². The molecule has 0 fully saturated rings. The lowest BCUT2D eigenvalue weighted by Gasteiger charge is -2.16. The molecule has 7 N–H and O–H groups in total. The number of fused-ring (bicyclic) bond motifs is 1. The Balaban J connectivity index is 1.84. The van der Waals surface area contributed by atoms with Gasteiger partial charge < -0.3 is 22.5 Å². The van der Waals surface area contributed by atoms with Gasteiger partial charge in [0, 0.05) is 19.0 Å². The molecule has 176 valence electrons. The Morgan fingerprint density at radius 3 is 2.49 bits per heavy atom. The largest absolute Gasteiger partial charge is 0.382 e. The molecule has 2 aromatic heterocycles. The van der Waals surface area contributed by atoms with E-state index in [1.165, 1.54) is 18.2 Å². The number of hydrogen-bond donors (Lipinski definition) is 4. The quantitative estimate of drug-likeness (QED) is 0.316. The van der Waals surface area contributed by atoms with Crippen molar-refractivity contribution >= 4 is 34.4 Å². The summed E-state index contributed by atoms with van der Waals surface area (Å²) in [5.74, 6) is -2.77. The van der Waals surface area contributed by atoms with Crippen molar-refractivity contribution < 1.29 is 13.6 Å². The number of amides is 1. The van der Waals surface area contributed by atoms with Crippen LogP contribution >= 0.6 is 0 Å². The molecule has 0 saturated carbocycles. The Morgan fingerprint density at radius 1 is 1.11 bits per heavy atom. The lowest BCUT2D eigenvalue weighted by Crippen LogP contribution is -2.28. The molecule has 0 aliphatic heterocycles. The minimum absolute atomic E-state index is 0.0265. The van der Waals surface area contributed by atoms with Gasteiger partial charge >= 0.3 is 0 Å². The van der Waals surface area contributed by atoms with Gasteiger partial charge in [0.05, 0.1) is 22.2 Å². The van der Waals surface area contributed by atoms with Crippen molar-refractivity contribution in [3.05, 3.63) is 75.3 Å². The number of halogens is 2. The first-order chi connectivity index (χ1) is 16.7. The first kappa shape index (κ1) is 23.1. The average molecular weight is 477 g/mol. The van der Waals surface area contributed by atoms with Gasteiger partial charge in [-0.05, 0) is 24.3 Å². The molecular weight excluding hydrogens is 460 g/mol. The predicted molar refractivity (Wildman–Crippen MR) is 124 cm³/mol. The molecule has 4 rings (SSSR count). The topological polar surface area (TPSA) is 192 Å². The number of nitrogen functional groups attached to an aromatic ring is 2. The van der Waals surface area contributed by atoms with E-state index in [4.69, 9.17) is 17.2 Å². The molecule has 11 nitrogen and oxygen atoms in total. The van der Waals surface area contributed by atoms with Crippen LogP contribution in [-0.2, 0) is 6.42 Å². The van der Waals surface area contributed by atoms with E-state index in [0.29, 0.717) is 6.07 Å². The third-order valence-corrected chi connectivity index (χ3v) is 5.05. The summed E-state index contributed by atoms with van der Waals surface area (Å²) in [6.45, 7) is 0.0653. The van der Waals surface area contributed by atoms with Crippen molar-refractivity contribution in [3.8, 4) is 11.8 Å². The summed E-state index contributed by atoms with van der Waals surface area (Å²) in [6.07, 6.45) is 0.0266. The highest BCUT2D eigenvalue weighted by molar-refractivity contribution is 6.05. The van der Waals surface area contributed by atoms with Gasteiger partial charge in [-0.1, -0.05) is 6.07 Å². The van der Waals surface area contributed by atoms with Crippen LogP contribution in [0, 0.1) is 23.0 Å². The normalized spacial score (nSPS) is 10.8. The van der Waals surface area contributed by atoms with Crippen LogP contribution in [0.1, 0.15) is 21.7 Å². The summed E-state index contributed by atoms with van der Waals surface area (Å²) < 4.78 is 29.0. The van der Waals surface area contributed by atoms with Gasteiger partial charge in [0.2, 0.25) is 11.9 Å². The number of nitrogens with two attached hydrogens (primary N) is 3. The molecule has 4 aromatic rings. The first-order valence-corrected chi connectivity index (χ1v) is 10.1. The van der Waals surface area contributed by atoms with E-state index in [1.807, 2.05) is 6.07 Å². The molecular formula is C22H17F2N9O2. The van der Waals surface area contributed by atoms with Gasteiger partial charge in [-0.15, -0.1) is 0 Å². The first-order valence-electron chi connectivity index (χ1n) is 10.1. The molecule has 0 bridgehead atoms. The third-order valence-electron chi connectivity index (χ3n) is 5.05. The van der Waals surface area contributed by atoms with Crippen LogP contribution < -0.4 is 28.1 Å². The van der Waals surface area contributed by atoms with Crippen molar-refractivity contribution in [1.29, 1.82) is 5.26 Å². The number of nitrogens with one attached hydrogen (secondary N) is 1. The van der Waals surface area contributed by atoms with Crippen molar-refractivity contribution in [2.75, 3.05) is 23.3 Å². The minimum Gasteiger partial charge on any atom is -0.382 e. The molecule has 0 spiro atoms. The van der Waals surface area contributed by atoms with Gasteiger partial charge in [0.15, 0.2) is 5.82 Å². The molecule has 2 heterocycles.